The number of aromatic hydroxyl groups is 2. The second-order valence-corrected chi connectivity index (χ2v) is 8.93. The number of rotatable bonds is 4. The maximum Gasteiger partial charge on any atom is 0.115 e. The van der Waals surface area contributed by atoms with Gasteiger partial charge >= 0.3 is 0 Å². The van der Waals surface area contributed by atoms with Gasteiger partial charge in [-0.25, -0.2) is 0 Å². The molecule has 6 aromatic carbocycles. The molecular formula is C33H24O2. The van der Waals surface area contributed by atoms with Crippen LogP contribution in [0.15, 0.2) is 121 Å². The van der Waals surface area contributed by atoms with E-state index in [9.17, 15) is 10.2 Å². The Morgan fingerprint density at radius 1 is 0.400 bits per heavy atom. The second kappa shape index (κ2) is 8.66. The minimum absolute atomic E-state index is 0.257. The van der Waals surface area contributed by atoms with Crippen LogP contribution < -0.4 is 0 Å². The van der Waals surface area contributed by atoms with Gasteiger partial charge in [-0.2, -0.15) is 0 Å². The van der Waals surface area contributed by atoms with E-state index in [1.54, 1.807) is 24.3 Å². The molecule has 0 fully saturated rings. The lowest BCUT2D eigenvalue weighted by Crippen LogP contribution is -1.93. The van der Waals surface area contributed by atoms with Gasteiger partial charge < -0.3 is 10.2 Å². The molecule has 6 rings (SSSR count). The molecule has 35 heavy (non-hydrogen) atoms. The molecule has 2 N–H and O–H groups in total. The Labute approximate surface area is 204 Å². The maximum atomic E-state index is 9.93. The molecule has 0 bridgehead atoms. The third-order valence-corrected chi connectivity index (χ3v) is 6.65. The van der Waals surface area contributed by atoms with E-state index in [1.165, 1.54) is 16.5 Å². The van der Waals surface area contributed by atoms with E-state index in [1.807, 2.05) is 30.3 Å². The van der Waals surface area contributed by atoms with Crippen molar-refractivity contribution in [3.8, 4) is 33.8 Å². The molecule has 0 aliphatic heterocycles. The Morgan fingerprint density at radius 3 is 1.46 bits per heavy atom. The van der Waals surface area contributed by atoms with Crippen molar-refractivity contribution in [1.82, 2.24) is 0 Å². The van der Waals surface area contributed by atoms with Crippen LogP contribution in [-0.4, -0.2) is 10.2 Å². The standard InChI is InChI=1S/C33H24O2/c34-26-15-11-24(12-16-26)32-28-8-4-5-9-29(28)33(25-13-17-27(35)18-14-25)31-21-23(10-19-30(31)32)20-22-6-2-1-3-7-22/h1-19,21,34-35H,20H2. The van der Waals surface area contributed by atoms with Crippen LogP contribution in [0.4, 0.5) is 0 Å². The lowest BCUT2D eigenvalue weighted by atomic mass is 9.85. The van der Waals surface area contributed by atoms with Gasteiger partial charge in [0, 0.05) is 0 Å². The van der Waals surface area contributed by atoms with Crippen molar-refractivity contribution in [2.45, 2.75) is 6.42 Å². The van der Waals surface area contributed by atoms with Gasteiger partial charge in [-0.05, 0) is 85.6 Å². The molecule has 0 aromatic heterocycles. The number of hydrogen-bond acceptors (Lipinski definition) is 2. The molecule has 0 spiro atoms. The van der Waals surface area contributed by atoms with Gasteiger partial charge in [-0.15, -0.1) is 0 Å². The Bertz CT molecular complexity index is 1650. The third kappa shape index (κ3) is 3.89. The van der Waals surface area contributed by atoms with E-state index in [4.69, 9.17) is 0 Å². The summed E-state index contributed by atoms with van der Waals surface area (Å²) in [6.45, 7) is 0. The van der Waals surface area contributed by atoms with E-state index in [-0.39, 0.29) is 11.5 Å². The summed E-state index contributed by atoms with van der Waals surface area (Å²) in [5.41, 5.74) is 6.97. The van der Waals surface area contributed by atoms with Crippen LogP contribution in [0.5, 0.6) is 11.5 Å². The fourth-order valence-corrected chi connectivity index (χ4v) is 5.05. The highest BCUT2D eigenvalue weighted by Crippen LogP contribution is 2.44. The molecule has 0 atom stereocenters. The number of phenolic OH excluding ortho intramolecular Hbond substituents is 2. The molecule has 0 aliphatic rings. The lowest BCUT2D eigenvalue weighted by Gasteiger charge is -2.19. The van der Waals surface area contributed by atoms with Crippen LogP contribution in [-0.2, 0) is 6.42 Å². The first-order valence-corrected chi connectivity index (χ1v) is 11.8. The molecule has 0 saturated carbocycles. The fraction of sp³-hybridized carbons (Fsp3) is 0.0303. The smallest absolute Gasteiger partial charge is 0.115 e. The van der Waals surface area contributed by atoms with Crippen molar-refractivity contribution in [1.29, 1.82) is 0 Å². The van der Waals surface area contributed by atoms with Crippen LogP contribution >= 0.6 is 0 Å². The van der Waals surface area contributed by atoms with Crippen LogP contribution in [0.3, 0.4) is 0 Å². The SMILES string of the molecule is Oc1ccc(-c2c3ccccc3c(-c3ccc(O)cc3)c3cc(Cc4ccccc4)ccc23)cc1. The Hall–Kier alpha value is -4.56. The van der Waals surface area contributed by atoms with Crippen molar-refractivity contribution in [3.63, 3.8) is 0 Å². The largest absolute Gasteiger partial charge is 0.508 e. The van der Waals surface area contributed by atoms with Crippen molar-refractivity contribution in [2.24, 2.45) is 0 Å². The molecule has 0 radical (unpaired) electrons. The number of fused-ring (bicyclic) bond motifs is 2. The average molecular weight is 453 g/mol. The number of benzene rings is 6. The first-order valence-electron chi connectivity index (χ1n) is 11.8. The second-order valence-electron chi connectivity index (χ2n) is 8.93. The van der Waals surface area contributed by atoms with Gasteiger partial charge in [0.15, 0.2) is 0 Å². The predicted molar refractivity (Wildman–Crippen MR) is 145 cm³/mol. The molecule has 0 amide bonds. The van der Waals surface area contributed by atoms with Crippen LogP contribution in [0.1, 0.15) is 11.1 Å². The van der Waals surface area contributed by atoms with Crippen LogP contribution in [0.25, 0.3) is 43.8 Å². The summed E-state index contributed by atoms with van der Waals surface area (Å²) in [5.74, 6) is 0.515. The quantitative estimate of drug-likeness (QED) is 0.264. The highest BCUT2D eigenvalue weighted by Gasteiger charge is 2.17. The van der Waals surface area contributed by atoms with E-state index >= 15 is 0 Å². The summed E-state index contributed by atoms with van der Waals surface area (Å²) >= 11 is 0. The summed E-state index contributed by atoms with van der Waals surface area (Å²) in [4.78, 5) is 0. The summed E-state index contributed by atoms with van der Waals surface area (Å²) in [6.07, 6.45) is 0.854. The molecule has 2 heteroatoms. The van der Waals surface area contributed by atoms with Gasteiger partial charge in [0.1, 0.15) is 11.5 Å². The van der Waals surface area contributed by atoms with E-state index in [0.29, 0.717) is 0 Å². The highest BCUT2D eigenvalue weighted by atomic mass is 16.3. The zero-order chi connectivity index (χ0) is 23.8. The molecule has 0 saturated heterocycles. The average Bonchev–Trinajstić information content (AvgIpc) is 2.89. The van der Waals surface area contributed by atoms with Gasteiger partial charge in [0.2, 0.25) is 0 Å². The molecule has 0 heterocycles. The molecule has 0 aliphatic carbocycles. The van der Waals surface area contributed by atoms with Gasteiger partial charge in [-0.1, -0.05) is 97.1 Å². The Morgan fingerprint density at radius 2 is 0.886 bits per heavy atom. The normalized spacial score (nSPS) is 11.2. The van der Waals surface area contributed by atoms with E-state index in [0.717, 1.165) is 44.8 Å². The third-order valence-electron chi connectivity index (χ3n) is 6.65. The highest BCUT2D eigenvalue weighted by molar-refractivity contribution is 6.21. The lowest BCUT2D eigenvalue weighted by molar-refractivity contribution is 0.475. The molecule has 6 aromatic rings. The minimum Gasteiger partial charge on any atom is -0.508 e. The number of hydrogen-bond donors (Lipinski definition) is 2. The van der Waals surface area contributed by atoms with Crippen molar-refractivity contribution in [3.05, 3.63) is 132 Å². The minimum atomic E-state index is 0.257. The maximum absolute atomic E-state index is 9.93. The molecular weight excluding hydrogens is 428 g/mol. The van der Waals surface area contributed by atoms with Crippen LogP contribution in [0, 0.1) is 0 Å². The Balaban J connectivity index is 1.70. The molecule has 0 unspecified atom stereocenters. The first kappa shape index (κ1) is 21.0. The topological polar surface area (TPSA) is 40.5 Å². The van der Waals surface area contributed by atoms with E-state index < -0.39 is 0 Å². The van der Waals surface area contributed by atoms with Crippen molar-refractivity contribution < 1.29 is 10.2 Å². The molecule has 168 valence electrons. The van der Waals surface area contributed by atoms with Gasteiger partial charge in [0.05, 0.1) is 0 Å². The fourth-order valence-electron chi connectivity index (χ4n) is 5.05. The zero-order valence-corrected chi connectivity index (χ0v) is 19.1. The summed E-state index contributed by atoms with van der Waals surface area (Å²) in [5, 5.41) is 24.5. The van der Waals surface area contributed by atoms with Gasteiger partial charge in [0.25, 0.3) is 0 Å². The van der Waals surface area contributed by atoms with Crippen molar-refractivity contribution >= 4 is 21.5 Å². The van der Waals surface area contributed by atoms with E-state index in [2.05, 4.69) is 66.7 Å². The van der Waals surface area contributed by atoms with Gasteiger partial charge in [-0.3, -0.25) is 0 Å². The monoisotopic (exact) mass is 452 g/mol. The first-order chi connectivity index (χ1) is 17.2. The Kier molecular flexibility index (Phi) is 5.20. The van der Waals surface area contributed by atoms with Crippen molar-refractivity contribution in [2.75, 3.05) is 0 Å². The summed E-state index contributed by atoms with van der Waals surface area (Å²) in [6, 6.07) is 40.7. The predicted octanol–water partition coefficient (Wildman–Crippen LogP) is 8.33. The van der Waals surface area contributed by atoms with Crippen LogP contribution in [0.2, 0.25) is 0 Å². The summed E-state index contributed by atoms with van der Waals surface area (Å²) < 4.78 is 0. The summed E-state index contributed by atoms with van der Waals surface area (Å²) in [7, 11) is 0. The number of phenols is 2. The molecule has 2 nitrogen and oxygen atoms in total. The zero-order valence-electron chi connectivity index (χ0n) is 19.1.